The Hall–Kier alpha value is -0.478. The molecule has 0 bridgehead atoms. The Kier molecular flexibility index (Phi) is 6.60. The fourth-order valence-electron chi connectivity index (χ4n) is 3.35. The van der Waals surface area contributed by atoms with Crippen LogP contribution < -0.4 is 0 Å². The van der Waals surface area contributed by atoms with Crippen molar-refractivity contribution < 1.29 is 56.0 Å². The summed E-state index contributed by atoms with van der Waals surface area (Å²) in [6, 6.07) is 0. The van der Waals surface area contributed by atoms with E-state index in [1.54, 1.807) is 0 Å². The van der Waals surface area contributed by atoms with Crippen LogP contribution >= 0.6 is 0 Å². The van der Waals surface area contributed by atoms with Crippen LogP contribution in [0.5, 0.6) is 0 Å². The number of hydrogen-bond acceptors (Lipinski definition) is 7. The monoisotopic (exact) mass is 574 g/mol. The standard InChI is InChI=1S/C15H25O5Si.C2H4O2.Hg/c1-9(16)18-10-7-11-12(8-10)19-14(17)13(11)20-21(5,6)15(2,3)4;1-2(3)4;/h8,10-13H,7H2,1-6H3;1H3,(H,3,4);/q;;+1/p-1/t10-,11+,12-,13+;;/m0../s1. The molecule has 0 radical (unpaired) electrons. The summed E-state index contributed by atoms with van der Waals surface area (Å²) in [7, 11) is -2.16. The number of carbonyl (C=O) groups is 3. The second-order valence-corrected chi connectivity index (χ2v) is 19.6. The number of fused-ring (bicyclic) bond motifs is 1. The molecule has 1 aliphatic heterocycles. The van der Waals surface area contributed by atoms with Gasteiger partial charge in [-0.3, -0.25) is 0 Å². The third-order valence-corrected chi connectivity index (χ3v) is 17.8. The molecule has 1 heterocycles. The molecule has 144 valence electrons. The van der Waals surface area contributed by atoms with E-state index in [2.05, 4.69) is 33.9 Å². The molecular weight excluding hydrogens is 545 g/mol. The van der Waals surface area contributed by atoms with E-state index in [0.29, 0.717) is 6.42 Å². The molecule has 0 amide bonds. The molecule has 1 saturated carbocycles. The van der Waals surface area contributed by atoms with Crippen molar-refractivity contribution in [2.75, 3.05) is 0 Å². The molecule has 5 atom stereocenters. The maximum absolute atomic E-state index is 12.5. The summed E-state index contributed by atoms with van der Waals surface area (Å²) in [6.07, 6.45) is -0.847. The number of ether oxygens (including phenoxy) is 2. The van der Waals surface area contributed by atoms with Gasteiger partial charge in [-0.25, -0.2) is 0 Å². The van der Waals surface area contributed by atoms with E-state index in [4.69, 9.17) is 16.5 Å². The van der Waals surface area contributed by atoms with Gasteiger partial charge in [-0.15, -0.1) is 0 Å². The van der Waals surface area contributed by atoms with Gasteiger partial charge >= 0.3 is 169 Å². The molecular formula is C17H28HgO7Si. The van der Waals surface area contributed by atoms with Gasteiger partial charge in [0.2, 0.25) is 0 Å². The Balaban J connectivity index is 2.20. The van der Waals surface area contributed by atoms with Gasteiger partial charge in [0.05, 0.1) is 0 Å². The number of carbonyl (C=O) groups excluding carboxylic acids is 3. The van der Waals surface area contributed by atoms with Crippen molar-refractivity contribution in [3.05, 3.63) is 0 Å². The number of esters is 2. The van der Waals surface area contributed by atoms with E-state index in [0.717, 1.165) is 0 Å². The molecule has 0 aromatic rings. The fourth-order valence-corrected chi connectivity index (χ4v) is 10.7. The van der Waals surface area contributed by atoms with E-state index in [-0.39, 0.29) is 44.5 Å². The Labute approximate surface area is 168 Å². The molecule has 0 spiro atoms. The molecule has 26 heavy (non-hydrogen) atoms. The van der Waals surface area contributed by atoms with Crippen molar-refractivity contribution in [3.63, 3.8) is 0 Å². The van der Waals surface area contributed by atoms with Gasteiger partial charge in [0.15, 0.2) is 0 Å². The molecule has 1 aliphatic carbocycles. The minimum atomic E-state index is -2.21. The summed E-state index contributed by atoms with van der Waals surface area (Å²) in [5.41, 5.74) is 0. The quantitative estimate of drug-likeness (QED) is 0.370. The van der Waals surface area contributed by atoms with Gasteiger partial charge in [0, 0.05) is 0 Å². The Morgan fingerprint density at radius 1 is 1.19 bits per heavy atom. The van der Waals surface area contributed by atoms with E-state index < -0.39 is 39.5 Å². The molecule has 0 aromatic heterocycles. The SMILES string of the molecule is CC(=O)[O][Hg][CH]1[C@@H](OC(C)=O)C[C@H]2[C@@H](O[Si](C)(C)C(C)(C)C)C(=O)O[C@@H]12. The average molecular weight is 573 g/mol. The van der Waals surface area contributed by atoms with Crippen LogP contribution in [0, 0.1) is 5.92 Å². The zero-order valence-electron chi connectivity index (χ0n) is 16.7. The summed E-state index contributed by atoms with van der Waals surface area (Å²) in [5.74, 6) is -1.19. The fraction of sp³-hybridized carbons (Fsp3) is 0.824. The first kappa shape index (κ1) is 21.8. The maximum atomic E-state index is 12.5. The summed E-state index contributed by atoms with van der Waals surface area (Å²) >= 11 is -2.21. The molecule has 2 aliphatic rings. The van der Waals surface area contributed by atoms with Crippen LogP contribution in [0.2, 0.25) is 21.6 Å². The second-order valence-electron chi connectivity index (χ2n) is 8.71. The molecule has 2 fully saturated rings. The van der Waals surface area contributed by atoms with Crippen LogP contribution in [0.1, 0.15) is 41.0 Å². The second kappa shape index (κ2) is 7.87. The Bertz CT molecular complexity index is 586. The van der Waals surface area contributed by atoms with Crippen molar-refractivity contribution in [1.82, 2.24) is 0 Å². The predicted octanol–water partition coefficient (Wildman–Crippen LogP) is 2.60. The molecule has 0 N–H and O–H groups in total. The van der Waals surface area contributed by atoms with Crippen LogP contribution in [0.3, 0.4) is 0 Å². The van der Waals surface area contributed by atoms with Gasteiger partial charge in [0.1, 0.15) is 0 Å². The van der Waals surface area contributed by atoms with Crippen LogP contribution in [0.4, 0.5) is 0 Å². The van der Waals surface area contributed by atoms with Crippen LogP contribution in [0.15, 0.2) is 0 Å². The predicted molar refractivity (Wildman–Crippen MR) is 91.1 cm³/mol. The zero-order chi connectivity index (χ0) is 19.9. The minimum absolute atomic E-state index is 0.0314. The van der Waals surface area contributed by atoms with E-state index in [1.165, 1.54) is 13.8 Å². The van der Waals surface area contributed by atoms with Crippen molar-refractivity contribution in [3.8, 4) is 0 Å². The molecule has 1 unspecified atom stereocenters. The molecule has 7 nitrogen and oxygen atoms in total. The zero-order valence-corrected chi connectivity index (χ0v) is 23.2. The summed E-state index contributed by atoms with van der Waals surface area (Å²) in [5, 5.41) is -0.0314. The summed E-state index contributed by atoms with van der Waals surface area (Å²) in [4.78, 5) is 35.2. The number of rotatable bonds is 5. The van der Waals surface area contributed by atoms with E-state index in [9.17, 15) is 14.4 Å². The van der Waals surface area contributed by atoms with Gasteiger partial charge < -0.3 is 0 Å². The topological polar surface area (TPSA) is 88.1 Å². The van der Waals surface area contributed by atoms with Gasteiger partial charge in [-0.05, 0) is 0 Å². The summed E-state index contributed by atoms with van der Waals surface area (Å²) in [6.45, 7) is 13.3. The van der Waals surface area contributed by atoms with Crippen molar-refractivity contribution in [2.24, 2.45) is 5.92 Å². The van der Waals surface area contributed by atoms with Crippen molar-refractivity contribution in [2.45, 2.75) is 80.9 Å². The van der Waals surface area contributed by atoms with E-state index in [1.807, 2.05) is 0 Å². The van der Waals surface area contributed by atoms with E-state index >= 15 is 0 Å². The molecule has 1 saturated heterocycles. The molecule has 2 rings (SSSR count). The first-order valence-electron chi connectivity index (χ1n) is 9.02. The van der Waals surface area contributed by atoms with Crippen LogP contribution in [-0.4, -0.2) is 44.5 Å². The average Bonchev–Trinajstić information content (AvgIpc) is 2.91. The van der Waals surface area contributed by atoms with Gasteiger partial charge in [-0.1, -0.05) is 0 Å². The molecule has 0 aromatic carbocycles. The van der Waals surface area contributed by atoms with Gasteiger partial charge in [0.25, 0.3) is 0 Å². The summed E-state index contributed by atoms with van der Waals surface area (Å²) < 4.78 is 22.7. The normalized spacial score (nSPS) is 31.0. The van der Waals surface area contributed by atoms with Crippen LogP contribution in [0.25, 0.3) is 0 Å². The third kappa shape index (κ3) is 4.67. The molecule has 9 heteroatoms. The van der Waals surface area contributed by atoms with Crippen molar-refractivity contribution >= 4 is 26.2 Å². The van der Waals surface area contributed by atoms with Gasteiger partial charge in [-0.2, -0.15) is 0 Å². The van der Waals surface area contributed by atoms with Crippen molar-refractivity contribution in [1.29, 1.82) is 0 Å². The third-order valence-electron chi connectivity index (χ3n) is 5.72. The first-order valence-corrected chi connectivity index (χ1v) is 17.3. The Morgan fingerprint density at radius 3 is 2.31 bits per heavy atom. The Morgan fingerprint density at radius 2 is 1.81 bits per heavy atom. The number of hydrogen-bond donors (Lipinski definition) is 0. The first-order chi connectivity index (χ1) is 11.8. The van der Waals surface area contributed by atoms with Crippen LogP contribution in [-0.2, 0) is 56.0 Å².